The number of carbonyl (C=O) groups is 3. The van der Waals surface area contributed by atoms with Gasteiger partial charge in [0.2, 0.25) is 0 Å². The molecule has 34 heavy (non-hydrogen) atoms. The molecular weight excluding hydrogens is 440 g/mol. The van der Waals surface area contributed by atoms with Crippen molar-refractivity contribution in [2.24, 2.45) is 0 Å². The van der Waals surface area contributed by atoms with Crippen molar-refractivity contribution in [1.82, 2.24) is 0 Å². The number of hydrogen-bond acceptors (Lipinski definition) is 8. The molecule has 1 aliphatic heterocycles. The fraction of sp³-hybridized carbons (Fsp3) is 0.269. The molecule has 3 aromatic carbocycles. The number of rotatable bonds is 1. The highest BCUT2D eigenvalue weighted by molar-refractivity contribution is 6.14. The number of cyclic esters (lactones) is 1. The number of aromatic hydroxyl groups is 3. The molecule has 3 atom stereocenters. The number of ketones is 1. The molecule has 0 unspecified atom stereocenters. The molecule has 0 amide bonds. The average Bonchev–Trinajstić information content (AvgIpc) is 2.94. The van der Waals surface area contributed by atoms with Gasteiger partial charge in [-0.3, -0.25) is 9.59 Å². The van der Waals surface area contributed by atoms with Gasteiger partial charge in [-0.2, -0.15) is 0 Å². The number of ether oxygens (including phenoxy) is 2. The quantitative estimate of drug-likeness (QED) is 0.472. The van der Waals surface area contributed by atoms with Crippen LogP contribution in [-0.2, 0) is 19.7 Å². The predicted molar refractivity (Wildman–Crippen MR) is 119 cm³/mol. The maximum absolute atomic E-state index is 14.1. The third-order valence-corrected chi connectivity index (χ3v) is 7.39. The molecule has 2 aliphatic carbocycles. The summed E-state index contributed by atoms with van der Waals surface area (Å²) in [5.74, 6) is -3.29. The number of esters is 2. The van der Waals surface area contributed by atoms with E-state index in [9.17, 15) is 29.7 Å². The van der Waals surface area contributed by atoms with E-state index in [0.717, 1.165) is 0 Å². The third kappa shape index (κ3) is 2.20. The van der Waals surface area contributed by atoms with Gasteiger partial charge in [-0.1, -0.05) is 0 Å². The van der Waals surface area contributed by atoms with Crippen LogP contribution in [0.25, 0.3) is 10.8 Å². The smallest absolute Gasteiger partial charge is 0.342 e. The summed E-state index contributed by atoms with van der Waals surface area (Å²) in [5, 5.41) is 33.3. The molecule has 6 rings (SSSR count). The van der Waals surface area contributed by atoms with Gasteiger partial charge in [-0.05, 0) is 71.1 Å². The van der Waals surface area contributed by atoms with Crippen LogP contribution in [0.5, 0.6) is 17.2 Å². The topological polar surface area (TPSA) is 130 Å². The number of fused-ring (bicyclic) bond motifs is 5. The van der Waals surface area contributed by atoms with Crippen LogP contribution < -0.4 is 0 Å². The maximum atomic E-state index is 14.1. The Morgan fingerprint density at radius 2 is 1.74 bits per heavy atom. The van der Waals surface area contributed by atoms with Crippen LogP contribution in [0.4, 0.5) is 0 Å². The van der Waals surface area contributed by atoms with Crippen LogP contribution in [0.15, 0.2) is 24.3 Å². The second-order valence-electron chi connectivity index (χ2n) is 9.30. The lowest BCUT2D eigenvalue weighted by Crippen LogP contribution is -2.54. The summed E-state index contributed by atoms with van der Waals surface area (Å²) < 4.78 is 11.3. The Morgan fingerprint density at radius 3 is 2.44 bits per heavy atom. The van der Waals surface area contributed by atoms with E-state index in [4.69, 9.17) is 9.47 Å². The summed E-state index contributed by atoms with van der Waals surface area (Å²) in [6, 6.07) is 5.88. The predicted octanol–water partition coefficient (Wildman–Crippen LogP) is 3.26. The Balaban J connectivity index is 1.86. The van der Waals surface area contributed by atoms with Gasteiger partial charge in [0.05, 0.1) is 11.3 Å². The number of Topliss-reactive ketones (excluding diaryl/α,β-unsaturated/α-hetero) is 1. The van der Waals surface area contributed by atoms with Crippen molar-refractivity contribution in [3.05, 3.63) is 63.2 Å². The van der Waals surface area contributed by atoms with Crippen LogP contribution in [-0.4, -0.2) is 45.8 Å². The summed E-state index contributed by atoms with van der Waals surface area (Å²) >= 11 is 0. The Hall–Kier alpha value is -4.07. The lowest BCUT2D eigenvalue weighted by atomic mass is 9.63. The molecule has 0 fully saturated rings. The van der Waals surface area contributed by atoms with Crippen LogP contribution >= 0.6 is 0 Å². The van der Waals surface area contributed by atoms with Crippen molar-refractivity contribution in [2.45, 2.75) is 38.2 Å². The van der Waals surface area contributed by atoms with Crippen molar-refractivity contribution in [1.29, 1.82) is 0 Å². The van der Waals surface area contributed by atoms with E-state index in [0.29, 0.717) is 33.0 Å². The zero-order valence-electron chi connectivity index (χ0n) is 18.6. The molecule has 0 aromatic heterocycles. The van der Waals surface area contributed by atoms with Gasteiger partial charge in [0.15, 0.2) is 5.78 Å². The summed E-state index contributed by atoms with van der Waals surface area (Å²) in [6.07, 6.45) is -1.10. The van der Waals surface area contributed by atoms with Gasteiger partial charge >= 0.3 is 11.9 Å². The number of phenolic OH excluding ortho intramolecular Hbond substituents is 3. The minimum atomic E-state index is -1.38. The molecule has 1 spiro atoms. The highest BCUT2D eigenvalue weighted by Crippen LogP contribution is 2.64. The monoisotopic (exact) mass is 460 g/mol. The molecule has 1 heterocycles. The second kappa shape index (κ2) is 6.28. The number of benzene rings is 3. The summed E-state index contributed by atoms with van der Waals surface area (Å²) in [4.78, 5) is 39.1. The van der Waals surface area contributed by atoms with Crippen molar-refractivity contribution in [3.8, 4) is 17.2 Å². The lowest BCUT2D eigenvalue weighted by Gasteiger charge is -2.44. The number of aryl methyl sites for hydroxylation is 2. The zero-order valence-corrected chi connectivity index (χ0v) is 18.6. The van der Waals surface area contributed by atoms with E-state index < -0.39 is 29.4 Å². The number of hydrogen-bond donors (Lipinski definition) is 3. The molecule has 8 heteroatoms. The third-order valence-electron chi connectivity index (χ3n) is 7.39. The largest absolute Gasteiger partial charge is 0.508 e. The van der Waals surface area contributed by atoms with Crippen LogP contribution in [0, 0.1) is 13.8 Å². The fourth-order valence-electron chi connectivity index (χ4n) is 6.40. The van der Waals surface area contributed by atoms with Crippen molar-refractivity contribution < 1.29 is 39.2 Å². The first-order valence-corrected chi connectivity index (χ1v) is 10.8. The Labute approximate surface area is 193 Å². The van der Waals surface area contributed by atoms with Gasteiger partial charge in [-0.25, -0.2) is 4.79 Å². The normalized spacial score (nSPS) is 24.0. The maximum Gasteiger partial charge on any atom is 0.342 e. The van der Waals surface area contributed by atoms with E-state index in [-0.39, 0.29) is 46.3 Å². The van der Waals surface area contributed by atoms with Gasteiger partial charge in [0.25, 0.3) is 0 Å². The van der Waals surface area contributed by atoms with Gasteiger partial charge in [0.1, 0.15) is 35.5 Å². The first kappa shape index (κ1) is 20.5. The van der Waals surface area contributed by atoms with Crippen molar-refractivity contribution in [3.63, 3.8) is 0 Å². The summed E-state index contributed by atoms with van der Waals surface area (Å²) in [6.45, 7) is 4.39. The zero-order chi connectivity index (χ0) is 24.3. The first-order valence-electron chi connectivity index (χ1n) is 10.8. The van der Waals surface area contributed by atoms with E-state index >= 15 is 0 Å². The molecule has 3 aromatic rings. The molecule has 172 valence electrons. The van der Waals surface area contributed by atoms with Crippen molar-refractivity contribution >= 4 is 28.5 Å². The van der Waals surface area contributed by atoms with Crippen LogP contribution in [0.2, 0.25) is 0 Å². The molecule has 3 aliphatic rings. The molecule has 8 nitrogen and oxygen atoms in total. The van der Waals surface area contributed by atoms with E-state index in [1.165, 1.54) is 25.1 Å². The highest BCUT2D eigenvalue weighted by atomic mass is 16.6. The second-order valence-corrected chi connectivity index (χ2v) is 9.30. The van der Waals surface area contributed by atoms with E-state index in [1.54, 1.807) is 19.9 Å². The highest BCUT2D eigenvalue weighted by Gasteiger charge is 2.67. The van der Waals surface area contributed by atoms with E-state index in [1.807, 2.05) is 0 Å². The lowest BCUT2D eigenvalue weighted by molar-refractivity contribution is -0.150. The van der Waals surface area contributed by atoms with Crippen molar-refractivity contribution in [2.75, 3.05) is 6.61 Å². The standard InChI is InChI=1S/C26H20O8/c1-9-4-13(28)6-12-7-15(30)21-19(16(9)12)20-23(31)17-10(2)5-14(29)18-22(17)26(21,8-33-25(18)32)24(20)34-11(3)27/h4-7,20,24,28-30H,8H2,1-3H3/t20-,24-,26+/m0/s1. The van der Waals surface area contributed by atoms with Crippen LogP contribution in [0.3, 0.4) is 0 Å². The molecule has 0 radical (unpaired) electrons. The average molecular weight is 460 g/mol. The summed E-state index contributed by atoms with van der Waals surface area (Å²) in [7, 11) is 0. The van der Waals surface area contributed by atoms with Gasteiger partial charge in [0, 0.05) is 18.1 Å². The number of carbonyl (C=O) groups excluding carboxylic acids is 3. The molecule has 2 bridgehead atoms. The number of phenols is 3. The molecule has 3 N–H and O–H groups in total. The van der Waals surface area contributed by atoms with Gasteiger partial charge < -0.3 is 24.8 Å². The Morgan fingerprint density at radius 1 is 1.00 bits per heavy atom. The fourth-order valence-corrected chi connectivity index (χ4v) is 6.40. The first-order chi connectivity index (χ1) is 16.1. The molecular formula is C26H20O8. The molecule has 0 saturated heterocycles. The van der Waals surface area contributed by atoms with E-state index in [2.05, 4.69) is 0 Å². The Bertz CT molecular complexity index is 1520. The van der Waals surface area contributed by atoms with Crippen LogP contribution in [0.1, 0.15) is 61.4 Å². The minimum Gasteiger partial charge on any atom is -0.508 e. The summed E-state index contributed by atoms with van der Waals surface area (Å²) in [5.41, 5.74) is 0.879. The van der Waals surface area contributed by atoms with Gasteiger partial charge in [-0.15, -0.1) is 0 Å². The SMILES string of the molecule is CC(=O)O[C@H]1[C@@H]2C(=O)c3c(C)cc(O)c4c3[C@@]1(COC4=O)c1c(O)cc3cc(O)cc(C)c3c12. The minimum absolute atomic E-state index is 0.00396. The molecule has 0 saturated carbocycles. The Kier molecular flexibility index (Phi) is 3.79.